The summed E-state index contributed by atoms with van der Waals surface area (Å²) in [5.41, 5.74) is 9.89. The Labute approximate surface area is 115 Å². The fourth-order valence-electron chi connectivity index (χ4n) is 2.04. The van der Waals surface area contributed by atoms with Crippen LogP contribution in [-0.2, 0) is 0 Å². The van der Waals surface area contributed by atoms with E-state index in [1.54, 1.807) is 12.1 Å². The highest BCUT2D eigenvalue weighted by atomic mass is 16.1. The highest BCUT2D eigenvalue weighted by Crippen LogP contribution is 2.37. The highest BCUT2D eigenvalue weighted by molar-refractivity contribution is 6.21. The van der Waals surface area contributed by atoms with E-state index in [4.69, 9.17) is 5.73 Å². The van der Waals surface area contributed by atoms with Gasteiger partial charge in [-0.05, 0) is 29.3 Å². The summed E-state index contributed by atoms with van der Waals surface area (Å²) in [5.74, 6) is 0.0978. The van der Waals surface area contributed by atoms with Gasteiger partial charge in [0, 0.05) is 16.8 Å². The Morgan fingerprint density at radius 2 is 1.26 bits per heavy atom. The van der Waals surface area contributed by atoms with Crippen LogP contribution in [0.4, 0.5) is 5.69 Å². The standard InChI is InChI=1S/C13H9NO.2C2H6/c14-8-5-6-11-12(7-8)9-3-1-2-4-10(9)13(11)15;2*1-2/h1-7H,14H2;2*1-2H3. The van der Waals surface area contributed by atoms with Gasteiger partial charge in [-0.25, -0.2) is 0 Å². The minimum absolute atomic E-state index is 0.0978. The summed E-state index contributed by atoms with van der Waals surface area (Å²) in [4.78, 5) is 12.0. The van der Waals surface area contributed by atoms with Crippen molar-refractivity contribution in [3.05, 3.63) is 53.6 Å². The van der Waals surface area contributed by atoms with Crippen molar-refractivity contribution in [1.29, 1.82) is 0 Å². The number of hydrogen-bond acceptors (Lipinski definition) is 2. The molecular formula is C17H21NO. The van der Waals surface area contributed by atoms with Crippen LogP contribution in [0.2, 0.25) is 0 Å². The summed E-state index contributed by atoms with van der Waals surface area (Å²) in [5, 5.41) is 0. The van der Waals surface area contributed by atoms with Gasteiger partial charge >= 0.3 is 0 Å². The van der Waals surface area contributed by atoms with Crippen LogP contribution in [0.15, 0.2) is 42.5 Å². The van der Waals surface area contributed by atoms with Crippen molar-refractivity contribution in [1.82, 2.24) is 0 Å². The molecule has 1 aliphatic carbocycles. The predicted molar refractivity (Wildman–Crippen MR) is 82.4 cm³/mol. The van der Waals surface area contributed by atoms with Gasteiger partial charge in [0.25, 0.3) is 0 Å². The molecule has 1 aliphatic rings. The number of ketones is 1. The SMILES string of the molecule is CC.CC.Nc1ccc2c(c1)-c1ccccc1C2=O. The van der Waals surface area contributed by atoms with Gasteiger partial charge in [0.05, 0.1) is 0 Å². The van der Waals surface area contributed by atoms with E-state index >= 15 is 0 Å². The number of carbonyl (C=O) groups is 1. The smallest absolute Gasteiger partial charge is 0.194 e. The van der Waals surface area contributed by atoms with E-state index in [0.717, 1.165) is 22.3 Å². The quantitative estimate of drug-likeness (QED) is 0.599. The second kappa shape index (κ2) is 6.74. The summed E-state index contributed by atoms with van der Waals surface area (Å²) in [7, 11) is 0. The molecule has 0 spiro atoms. The van der Waals surface area contributed by atoms with Crippen molar-refractivity contribution in [2.24, 2.45) is 0 Å². The number of nitrogens with two attached hydrogens (primary N) is 1. The third-order valence-corrected chi connectivity index (χ3v) is 2.75. The summed E-state index contributed by atoms with van der Waals surface area (Å²) >= 11 is 0. The topological polar surface area (TPSA) is 43.1 Å². The lowest BCUT2D eigenvalue weighted by atomic mass is 10.1. The van der Waals surface area contributed by atoms with Crippen LogP contribution < -0.4 is 5.73 Å². The van der Waals surface area contributed by atoms with Gasteiger partial charge in [0.2, 0.25) is 0 Å². The Bertz CT molecular complexity index is 573. The third kappa shape index (κ3) is 2.68. The molecule has 2 aromatic carbocycles. The van der Waals surface area contributed by atoms with Crippen LogP contribution in [0.3, 0.4) is 0 Å². The number of anilines is 1. The Hall–Kier alpha value is -2.09. The van der Waals surface area contributed by atoms with Crippen LogP contribution in [0.5, 0.6) is 0 Å². The van der Waals surface area contributed by atoms with Crippen molar-refractivity contribution in [2.75, 3.05) is 5.73 Å². The van der Waals surface area contributed by atoms with E-state index in [1.807, 2.05) is 58.0 Å². The zero-order valence-electron chi connectivity index (χ0n) is 12.0. The molecule has 0 heterocycles. The molecule has 0 amide bonds. The van der Waals surface area contributed by atoms with Gasteiger partial charge in [0.1, 0.15) is 0 Å². The van der Waals surface area contributed by atoms with Crippen molar-refractivity contribution >= 4 is 11.5 Å². The van der Waals surface area contributed by atoms with Crippen LogP contribution >= 0.6 is 0 Å². The molecule has 2 aromatic rings. The number of nitrogen functional groups attached to an aromatic ring is 1. The average Bonchev–Trinajstić information content (AvgIpc) is 2.77. The van der Waals surface area contributed by atoms with E-state index in [1.165, 1.54) is 0 Å². The van der Waals surface area contributed by atoms with Gasteiger partial charge in [-0.2, -0.15) is 0 Å². The van der Waals surface area contributed by atoms with Crippen molar-refractivity contribution < 1.29 is 4.79 Å². The molecule has 0 atom stereocenters. The number of hydrogen-bond donors (Lipinski definition) is 1. The van der Waals surface area contributed by atoms with Gasteiger partial charge in [-0.3, -0.25) is 4.79 Å². The lowest BCUT2D eigenvalue weighted by molar-refractivity contribution is 0.104. The Kier molecular flexibility index (Phi) is 5.31. The molecule has 0 saturated carbocycles. The maximum atomic E-state index is 12.0. The zero-order valence-corrected chi connectivity index (χ0v) is 12.0. The van der Waals surface area contributed by atoms with Crippen molar-refractivity contribution in [2.45, 2.75) is 27.7 Å². The molecule has 2 nitrogen and oxygen atoms in total. The Balaban J connectivity index is 0.000000415. The first-order valence-electron chi connectivity index (χ1n) is 6.81. The number of rotatable bonds is 0. The largest absolute Gasteiger partial charge is 0.399 e. The lowest BCUT2D eigenvalue weighted by Crippen LogP contribution is -1.94. The summed E-state index contributed by atoms with van der Waals surface area (Å²) in [6, 6.07) is 13.1. The molecule has 2 heteroatoms. The first-order valence-corrected chi connectivity index (χ1v) is 6.81. The second-order valence-corrected chi connectivity index (χ2v) is 3.68. The molecule has 0 saturated heterocycles. The Morgan fingerprint density at radius 1 is 0.737 bits per heavy atom. The van der Waals surface area contributed by atoms with Crippen LogP contribution in [0, 0.1) is 0 Å². The van der Waals surface area contributed by atoms with Gasteiger partial charge in [0.15, 0.2) is 5.78 Å². The molecule has 100 valence electrons. The molecule has 0 aliphatic heterocycles. The Morgan fingerprint density at radius 3 is 1.89 bits per heavy atom. The maximum absolute atomic E-state index is 12.0. The van der Waals surface area contributed by atoms with Gasteiger partial charge < -0.3 is 5.73 Å². The van der Waals surface area contributed by atoms with Crippen LogP contribution in [0.1, 0.15) is 43.6 Å². The monoisotopic (exact) mass is 255 g/mol. The van der Waals surface area contributed by atoms with Crippen molar-refractivity contribution in [3.63, 3.8) is 0 Å². The first kappa shape index (κ1) is 15.0. The summed E-state index contributed by atoms with van der Waals surface area (Å²) < 4.78 is 0. The maximum Gasteiger partial charge on any atom is 0.194 e. The van der Waals surface area contributed by atoms with E-state index in [9.17, 15) is 4.79 Å². The summed E-state index contributed by atoms with van der Waals surface area (Å²) in [6.07, 6.45) is 0. The predicted octanol–water partition coefficient (Wildman–Crippen LogP) is 4.53. The summed E-state index contributed by atoms with van der Waals surface area (Å²) in [6.45, 7) is 8.00. The molecular weight excluding hydrogens is 234 g/mol. The van der Waals surface area contributed by atoms with E-state index in [-0.39, 0.29) is 5.78 Å². The third-order valence-electron chi connectivity index (χ3n) is 2.75. The van der Waals surface area contributed by atoms with E-state index < -0.39 is 0 Å². The van der Waals surface area contributed by atoms with Gasteiger partial charge in [-0.1, -0.05) is 52.0 Å². The number of benzene rings is 2. The van der Waals surface area contributed by atoms with Crippen LogP contribution in [0.25, 0.3) is 11.1 Å². The van der Waals surface area contributed by atoms with E-state index in [0.29, 0.717) is 5.69 Å². The lowest BCUT2D eigenvalue weighted by Gasteiger charge is -1.99. The minimum atomic E-state index is 0.0978. The normalized spacial score (nSPS) is 10.4. The van der Waals surface area contributed by atoms with Crippen molar-refractivity contribution in [3.8, 4) is 11.1 Å². The molecule has 0 radical (unpaired) electrons. The molecule has 0 fully saturated rings. The zero-order chi connectivity index (χ0) is 14.4. The molecule has 19 heavy (non-hydrogen) atoms. The van der Waals surface area contributed by atoms with Gasteiger partial charge in [-0.15, -0.1) is 0 Å². The van der Waals surface area contributed by atoms with E-state index in [2.05, 4.69) is 0 Å². The fraction of sp³-hybridized carbons (Fsp3) is 0.235. The first-order chi connectivity index (χ1) is 9.27. The fourth-order valence-corrected chi connectivity index (χ4v) is 2.04. The number of carbonyl (C=O) groups excluding carboxylic acids is 1. The highest BCUT2D eigenvalue weighted by Gasteiger charge is 2.25. The molecule has 0 bridgehead atoms. The molecule has 0 unspecified atom stereocenters. The average molecular weight is 255 g/mol. The molecule has 0 aromatic heterocycles. The molecule has 3 rings (SSSR count). The number of fused-ring (bicyclic) bond motifs is 3. The second-order valence-electron chi connectivity index (χ2n) is 3.68. The minimum Gasteiger partial charge on any atom is -0.399 e. The molecule has 2 N–H and O–H groups in total. The van der Waals surface area contributed by atoms with Crippen LogP contribution in [-0.4, -0.2) is 5.78 Å².